The van der Waals surface area contributed by atoms with Crippen LogP contribution >= 0.6 is 0 Å². The van der Waals surface area contributed by atoms with E-state index in [-0.39, 0.29) is 12.8 Å². The standard InChI is InChI=1S/C8H14O6/c1-5(10)6(4-9)14-8(13)3-2-7(11)12/h5-6,9-10H,2-4H2,1H3,(H,11,12)/t5?,6-/m0/s1. The number of carboxylic acid groups (broad SMARTS) is 1. The first kappa shape index (κ1) is 12.9. The van der Waals surface area contributed by atoms with Crippen molar-refractivity contribution >= 4 is 11.9 Å². The topological polar surface area (TPSA) is 104 Å². The molecular formula is C8H14O6. The van der Waals surface area contributed by atoms with Gasteiger partial charge in [-0.3, -0.25) is 9.59 Å². The number of aliphatic hydroxyl groups is 2. The third kappa shape index (κ3) is 5.50. The van der Waals surface area contributed by atoms with Crippen molar-refractivity contribution < 1.29 is 29.6 Å². The maximum atomic E-state index is 10.9. The number of rotatable bonds is 6. The summed E-state index contributed by atoms with van der Waals surface area (Å²) < 4.78 is 4.61. The lowest BCUT2D eigenvalue weighted by Crippen LogP contribution is -2.32. The highest BCUT2D eigenvalue weighted by molar-refractivity contribution is 5.76. The van der Waals surface area contributed by atoms with Gasteiger partial charge in [-0.1, -0.05) is 0 Å². The molecule has 0 aromatic heterocycles. The molecule has 6 heteroatoms. The number of hydrogen-bond donors (Lipinski definition) is 3. The monoisotopic (exact) mass is 206 g/mol. The minimum absolute atomic E-state index is 0.265. The minimum atomic E-state index is -1.10. The predicted octanol–water partition coefficient (Wildman–Crippen LogP) is -0.864. The molecule has 0 radical (unpaired) electrons. The largest absolute Gasteiger partial charge is 0.481 e. The van der Waals surface area contributed by atoms with Crippen LogP contribution in [0.15, 0.2) is 0 Å². The molecule has 0 saturated heterocycles. The Balaban J connectivity index is 3.85. The summed E-state index contributed by atoms with van der Waals surface area (Å²) in [6.07, 6.45) is -2.56. The maximum absolute atomic E-state index is 10.9. The van der Waals surface area contributed by atoms with E-state index >= 15 is 0 Å². The molecule has 0 spiro atoms. The van der Waals surface area contributed by atoms with Gasteiger partial charge in [0.25, 0.3) is 0 Å². The quantitative estimate of drug-likeness (QED) is 0.488. The molecule has 2 atom stereocenters. The van der Waals surface area contributed by atoms with Crippen LogP contribution in [-0.4, -0.2) is 46.1 Å². The molecule has 0 aliphatic carbocycles. The molecule has 0 fully saturated rings. The van der Waals surface area contributed by atoms with E-state index in [0.29, 0.717) is 0 Å². The fourth-order valence-corrected chi connectivity index (χ4v) is 0.725. The molecule has 1 unspecified atom stereocenters. The van der Waals surface area contributed by atoms with Crippen LogP contribution in [0, 0.1) is 0 Å². The Morgan fingerprint density at radius 1 is 1.36 bits per heavy atom. The van der Waals surface area contributed by atoms with Crippen molar-refractivity contribution in [2.45, 2.75) is 32.0 Å². The molecule has 0 aliphatic heterocycles. The Kier molecular flexibility index (Phi) is 5.82. The first-order valence-corrected chi connectivity index (χ1v) is 4.17. The van der Waals surface area contributed by atoms with Gasteiger partial charge in [-0.25, -0.2) is 0 Å². The van der Waals surface area contributed by atoms with E-state index in [1.165, 1.54) is 6.92 Å². The van der Waals surface area contributed by atoms with Gasteiger partial charge in [0.15, 0.2) is 6.10 Å². The second kappa shape index (κ2) is 6.33. The molecule has 82 valence electrons. The van der Waals surface area contributed by atoms with E-state index in [1.807, 2.05) is 0 Å². The molecule has 0 aliphatic rings. The van der Waals surface area contributed by atoms with Crippen molar-refractivity contribution in [2.24, 2.45) is 0 Å². The highest BCUT2D eigenvalue weighted by atomic mass is 16.6. The number of carbonyl (C=O) groups excluding carboxylic acids is 1. The predicted molar refractivity (Wildman–Crippen MR) is 45.5 cm³/mol. The number of esters is 1. The van der Waals surface area contributed by atoms with E-state index in [4.69, 9.17) is 15.3 Å². The summed E-state index contributed by atoms with van der Waals surface area (Å²) >= 11 is 0. The van der Waals surface area contributed by atoms with Gasteiger partial charge in [-0.05, 0) is 6.92 Å². The minimum Gasteiger partial charge on any atom is -0.481 e. The molecule has 0 heterocycles. The summed E-state index contributed by atoms with van der Waals surface area (Å²) in [5.74, 6) is -1.84. The van der Waals surface area contributed by atoms with Crippen molar-refractivity contribution in [2.75, 3.05) is 6.61 Å². The SMILES string of the molecule is CC(O)[C@H](CO)OC(=O)CCC(=O)O. The third-order valence-corrected chi connectivity index (χ3v) is 1.54. The second-order valence-corrected chi connectivity index (χ2v) is 2.85. The molecule has 0 saturated carbocycles. The van der Waals surface area contributed by atoms with Crippen molar-refractivity contribution in [3.63, 3.8) is 0 Å². The second-order valence-electron chi connectivity index (χ2n) is 2.85. The number of carbonyl (C=O) groups is 2. The number of carboxylic acids is 1. The van der Waals surface area contributed by atoms with Crippen LogP contribution in [0.1, 0.15) is 19.8 Å². The molecule has 0 bridgehead atoms. The highest BCUT2D eigenvalue weighted by Gasteiger charge is 2.18. The summed E-state index contributed by atoms with van der Waals surface area (Å²) in [6, 6.07) is 0. The van der Waals surface area contributed by atoms with Crippen molar-refractivity contribution in [3.8, 4) is 0 Å². The Morgan fingerprint density at radius 3 is 2.29 bits per heavy atom. The lowest BCUT2D eigenvalue weighted by atomic mass is 10.2. The van der Waals surface area contributed by atoms with Crippen LogP contribution in [0.4, 0.5) is 0 Å². The van der Waals surface area contributed by atoms with Gasteiger partial charge in [0, 0.05) is 0 Å². The first-order valence-electron chi connectivity index (χ1n) is 4.17. The number of aliphatic hydroxyl groups excluding tert-OH is 2. The first-order chi connectivity index (χ1) is 6.47. The molecule has 14 heavy (non-hydrogen) atoms. The maximum Gasteiger partial charge on any atom is 0.306 e. The number of ether oxygens (including phenoxy) is 1. The van der Waals surface area contributed by atoms with Crippen molar-refractivity contribution in [1.82, 2.24) is 0 Å². The fourth-order valence-electron chi connectivity index (χ4n) is 0.725. The van der Waals surface area contributed by atoms with E-state index in [9.17, 15) is 9.59 Å². The van der Waals surface area contributed by atoms with Crippen LogP contribution in [0.2, 0.25) is 0 Å². The van der Waals surface area contributed by atoms with E-state index in [2.05, 4.69) is 4.74 Å². The van der Waals surface area contributed by atoms with Gasteiger partial charge < -0.3 is 20.1 Å². The van der Waals surface area contributed by atoms with Crippen molar-refractivity contribution in [3.05, 3.63) is 0 Å². The average Bonchev–Trinajstić information content (AvgIpc) is 2.10. The van der Waals surface area contributed by atoms with Gasteiger partial charge in [0.2, 0.25) is 0 Å². The molecule has 6 nitrogen and oxygen atoms in total. The summed E-state index contributed by atoms with van der Waals surface area (Å²) in [7, 11) is 0. The lowest BCUT2D eigenvalue weighted by Gasteiger charge is -2.17. The molecule has 0 rings (SSSR count). The van der Waals surface area contributed by atoms with Crippen LogP contribution in [0.3, 0.4) is 0 Å². The molecule has 0 amide bonds. The smallest absolute Gasteiger partial charge is 0.306 e. The van der Waals surface area contributed by atoms with E-state index in [1.54, 1.807) is 0 Å². The third-order valence-electron chi connectivity index (χ3n) is 1.54. The summed E-state index contributed by atoms with van der Waals surface area (Å²) in [4.78, 5) is 21.0. The summed E-state index contributed by atoms with van der Waals surface area (Å²) in [5.41, 5.74) is 0. The lowest BCUT2D eigenvalue weighted by molar-refractivity contribution is -0.159. The highest BCUT2D eigenvalue weighted by Crippen LogP contribution is 2.02. The molecule has 3 N–H and O–H groups in total. The van der Waals surface area contributed by atoms with Crippen molar-refractivity contribution in [1.29, 1.82) is 0 Å². The Morgan fingerprint density at radius 2 is 1.93 bits per heavy atom. The number of aliphatic carboxylic acids is 1. The van der Waals surface area contributed by atoms with Crippen LogP contribution in [0.25, 0.3) is 0 Å². The van der Waals surface area contributed by atoms with Gasteiger partial charge in [-0.2, -0.15) is 0 Å². The van der Waals surface area contributed by atoms with Crippen LogP contribution in [-0.2, 0) is 14.3 Å². The van der Waals surface area contributed by atoms with Gasteiger partial charge in [-0.15, -0.1) is 0 Å². The fraction of sp³-hybridized carbons (Fsp3) is 0.750. The van der Waals surface area contributed by atoms with Gasteiger partial charge in [0.05, 0.1) is 25.6 Å². The van der Waals surface area contributed by atoms with Crippen LogP contribution < -0.4 is 0 Å². The molecular weight excluding hydrogens is 192 g/mol. The average molecular weight is 206 g/mol. The zero-order chi connectivity index (χ0) is 11.1. The zero-order valence-corrected chi connectivity index (χ0v) is 7.84. The Hall–Kier alpha value is -1.14. The molecule has 0 aromatic rings. The Bertz CT molecular complexity index is 200. The zero-order valence-electron chi connectivity index (χ0n) is 7.84. The van der Waals surface area contributed by atoms with Gasteiger partial charge in [0.1, 0.15) is 0 Å². The summed E-state index contributed by atoms with van der Waals surface area (Å²) in [6.45, 7) is 0.877. The Labute approximate surface area is 81.1 Å². The normalized spacial score (nSPS) is 14.5. The van der Waals surface area contributed by atoms with Gasteiger partial charge >= 0.3 is 11.9 Å². The summed E-state index contributed by atoms with van der Waals surface area (Å²) in [5, 5.41) is 25.9. The van der Waals surface area contributed by atoms with E-state index in [0.717, 1.165) is 0 Å². The van der Waals surface area contributed by atoms with Crippen LogP contribution in [0.5, 0.6) is 0 Å². The molecule has 0 aromatic carbocycles. The number of hydrogen-bond acceptors (Lipinski definition) is 5. The van der Waals surface area contributed by atoms with E-state index < -0.39 is 30.8 Å².